The summed E-state index contributed by atoms with van der Waals surface area (Å²) in [5.74, 6) is 0. The lowest BCUT2D eigenvalue weighted by Crippen LogP contribution is -2.38. The molecule has 96 valence electrons. The third-order valence-corrected chi connectivity index (χ3v) is 3.09. The van der Waals surface area contributed by atoms with Crippen molar-refractivity contribution in [3.8, 4) is 0 Å². The molecule has 0 unspecified atom stereocenters. The summed E-state index contributed by atoms with van der Waals surface area (Å²) in [6, 6.07) is 1.70. The zero-order valence-corrected chi connectivity index (χ0v) is 11.3. The number of hydrogen-bond donors (Lipinski definition) is 0. The lowest BCUT2D eigenvalue weighted by atomic mass is 9.89. The summed E-state index contributed by atoms with van der Waals surface area (Å²) in [6.07, 6.45) is 1.64. The number of aryl methyl sites for hydroxylation is 1. The van der Waals surface area contributed by atoms with Gasteiger partial charge in [0.15, 0.2) is 0 Å². The number of rotatable bonds is 0. The van der Waals surface area contributed by atoms with Gasteiger partial charge in [0.2, 0.25) is 0 Å². The molecule has 0 aromatic carbocycles. The van der Waals surface area contributed by atoms with Crippen molar-refractivity contribution in [2.45, 2.75) is 26.2 Å². The molecule has 2 aromatic rings. The average Bonchev–Trinajstić information content (AvgIpc) is 2.31. The molecule has 0 fully saturated rings. The maximum atomic E-state index is 12.3. The van der Waals surface area contributed by atoms with Crippen LogP contribution in [0.4, 0.5) is 0 Å². The summed E-state index contributed by atoms with van der Waals surface area (Å²) in [4.78, 5) is 28.5. The first-order valence-electron chi connectivity index (χ1n) is 5.80. The van der Waals surface area contributed by atoms with E-state index in [4.69, 9.17) is 0 Å². The third kappa shape index (κ3) is 1.66. The standard InChI is InChI=1S/C13H17N3O2/c1-13(2,3)10-9-8(6-7-14-10)15(4)12(18)16(5)11(9)17/h6-7H,1-5H3. The van der Waals surface area contributed by atoms with Gasteiger partial charge in [-0.15, -0.1) is 0 Å². The quantitative estimate of drug-likeness (QED) is 0.696. The second-order valence-electron chi connectivity index (χ2n) is 5.51. The van der Waals surface area contributed by atoms with Gasteiger partial charge >= 0.3 is 5.69 Å². The highest BCUT2D eigenvalue weighted by Crippen LogP contribution is 2.24. The van der Waals surface area contributed by atoms with E-state index in [0.29, 0.717) is 10.9 Å². The molecular weight excluding hydrogens is 230 g/mol. The first kappa shape index (κ1) is 12.5. The van der Waals surface area contributed by atoms with E-state index in [1.54, 1.807) is 19.3 Å². The highest BCUT2D eigenvalue weighted by molar-refractivity contribution is 5.81. The maximum Gasteiger partial charge on any atom is 0.330 e. The predicted molar refractivity (Wildman–Crippen MR) is 70.9 cm³/mol. The summed E-state index contributed by atoms with van der Waals surface area (Å²) in [6.45, 7) is 6.00. The molecule has 18 heavy (non-hydrogen) atoms. The normalized spacial score (nSPS) is 12.1. The minimum Gasteiger partial charge on any atom is -0.296 e. The van der Waals surface area contributed by atoms with Crippen LogP contribution < -0.4 is 11.2 Å². The molecule has 0 bridgehead atoms. The monoisotopic (exact) mass is 247 g/mol. The topological polar surface area (TPSA) is 56.9 Å². The minimum atomic E-state index is -0.321. The molecule has 0 aliphatic rings. The van der Waals surface area contributed by atoms with E-state index in [1.165, 1.54) is 11.6 Å². The molecule has 0 spiro atoms. The first-order chi connectivity index (χ1) is 8.25. The zero-order chi connectivity index (χ0) is 13.7. The summed E-state index contributed by atoms with van der Waals surface area (Å²) in [5.41, 5.74) is 0.493. The molecule has 0 saturated carbocycles. The van der Waals surface area contributed by atoms with Crippen molar-refractivity contribution in [2.24, 2.45) is 14.1 Å². The van der Waals surface area contributed by atoms with E-state index in [-0.39, 0.29) is 16.7 Å². The molecule has 5 heteroatoms. The Balaban J connectivity index is 3.13. The van der Waals surface area contributed by atoms with Gasteiger partial charge in [-0.3, -0.25) is 18.9 Å². The smallest absolute Gasteiger partial charge is 0.296 e. The highest BCUT2D eigenvalue weighted by atomic mass is 16.2. The van der Waals surface area contributed by atoms with Gasteiger partial charge in [0.1, 0.15) is 0 Å². The van der Waals surface area contributed by atoms with Crippen molar-refractivity contribution < 1.29 is 0 Å². The van der Waals surface area contributed by atoms with Crippen molar-refractivity contribution >= 4 is 10.9 Å². The van der Waals surface area contributed by atoms with Crippen LogP contribution in [0.3, 0.4) is 0 Å². The van der Waals surface area contributed by atoms with E-state index >= 15 is 0 Å². The van der Waals surface area contributed by atoms with Gasteiger partial charge in [0.25, 0.3) is 5.56 Å². The van der Waals surface area contributed by atoms with Crippen LogP contribution in [0.2, 0.25) is 0 Å². The van der Waals surface area contributed by atoms with Gasteiger partial charge in [0, 0.05) is 25.7 Å². The summed E-state index contributed by atoms with van der Waals surface area (Å²) in [5, 5.41) is 0.523. The van der Waals surface area contributed by atoms with Crippen LogP contribution in [-0.2, 0) is 19.5 Å². The Morgan fingerprint density at radius 2 is 1.72 bits per heavy atom. The van der Waals surface area contributed by atoms with Crippen LogP contribution in [0.15, 0.2) is 21.9 Å². The van der Waals surface area contributed by atoms with Crippen LogP contribution in [0, 0.1) is 0 Å². The summed E-state index contributed by atoms with van der Waals surface area (Å²) >= 11 is 0. The minimum absolute atomic E-state index is 0.247. The Labute approximate surface area is 105 Å². The van der Waals surface area contributed by atoms with E-state index in [9.17, 15) is 9.59 Å². The van der Waals surface area contributed by atoms with Crippen LogP contribution in [0.5, 0.6) is 0 Å². The van der Waals surface area contributed by atoms with Gasteiger partial charge in [-0.2, -0.15) is 0 Å². The van der Waals surface area contributed by atoms with Crippen molar-refractivity contribution in [3.63, 3.8) is 0 Å². The molecule has 2 heterocycles. The molecular formula is C13H17N3O2. The van der Waals surface area contributed by atoms with E-state index in [0.717, 1.165) is 10.3 Å². The number of nitrogens with zero attached hydrogens (tertiary/aromatic N) is 3. The fourth-order valence-electron chi connectivity index (χ4n) is 2.09. The van der Waals surface area contributed by atoms with Gasteiger partial charge < -0.3 is 0 Å². The molecule has 0 amide bonds. The Morgan fingerprint density at radius 3 is 2.28 bits per heavy atom. The lowest BCUT2D eigenvalue weighted by molar-refractivity contribution is 0.572. The Kier molecular flexibility index (Phi) is 2.65. The molecule has 0 atom stereocenters. The molecule has 0 saturated heterocycles. The maximum absolute atomic E-state index is 12.3. The molecule has 0 aliphatic carbocycles. The number of hydrogen-bond acceptors (Lipinski definition) is 3. The predicted octanol–water partition coefficient (Wildman–Crippen LogP) is 0.930. The fourth-order valence-corrected chi connectivity index (χ4v) is 2.09. The highest BCUT2D eigenvalue weighted by Gasteiger charge is 2.22. The molecule has 2 rings (SSSR count). The summed E-state index contributed by atoms with van der Waals surface area (Å²) in [7, 11) is 3.15. The number of pyridine rings is 1. The van der Waals surface area contributed by atoms with Gasteiger partial charge in [-0.1, -0.05) is 20.8 Å². The van der Waals surface area contributed by atoms with Crippen LogP contribution in [-0.4, -0.2) is 14.1 Å². The average molecular weight is 247 g/mol. The van der Waals surface area contributed by atoms with E-state index < -0.39 is 0 Å². The van der Waals surface area contributed by atoms with Gasteiger partial charge in [-0.25, -0.2) is 4.79 Å². The van der Waals surface area contributed by atoms with Crippen LogP contribution >= 0.6 is 0 Å². The third-order valence-electron chi connectivity index (χ3n) is 3.09. The SMILES string of the molecule is Cn1c(=O)c2c(C(C)(C)C)nccc2n(C)c1=O. The van der Waals surface area contributed by atoms with Gasteiger partial charge in [-0.05, 0) is 6.07 Å². The molecule has 0 N–H and O–H groups in total. The molecule has 0 radical (unpaired) electrons. The van der Waals surface area contributed by atoms with Crippen molar-refractivity contribution in [1.29, 1.82) is 0 Å². The number of fused-ring (bicyclic) bond motifs is 1. The second-order valence-corrected chi connectivity index (χ2v) is 5.51. The largest absolute Gasteiger partial charge is 0.330 e. The van der Waals surface area contributed by atoms with Gasteiger partial charge in [0.05, 0.1) is 16.6 Å². The van der Waals surface area contributed by atoms with E-state index in [1.807, 2.05) is 20.8 Å². The Hall–Kier alpha value is -1.91. The Bertz CT molecular complexity index is 733. The van der Waals surface area contributed by atoms with Crippen molar-refractivity contribution in [1.82, 2.24) is 14.1 Å². The molecule has 0 aliphatic heterocycles. The zero-order valence-electron chi connectivity index (χ0n) is 11.3. The van der Waals surface area contributed by atoms with Crippen molar-refractivity contribution in [3.05, 3.63) is 38.8 Å². The van der Waals surface area contributed by atoms with Crippen molar-refractivity contribution in [2.75, 3.05) is 0 Å². The Morgan fingerprint density at radius 1 is 1.11 bits per heavy atom. The fraction of sp³-hybridized carbons (Fsp3) is 0.462. The lowest BCUT2D eigenvalue weighted by Gasteiger charge is -2.20. The molecule has 5 nitrogen and oxygen atoms in total. The van der Waals surface area contributed by atoms with Crippen LogP contribution in [0.1, 0.15) is 26.5 Å². The molecule has 2 aromatic heterocycles. The number of aromatic nitrogens is 3. The summed E-state index contributed by atoms with van der Waals surface area (Å²) < 4.78 is 2.60. The van der Waals surface area contributed by atoms with Crippen LogP contribution in [0.25, 0.3) is 10.9 Å². The van der Waals surface area contributed by atoms with E-state index in [2.05, 4.69) is 4.98 Å². The second kappa shape index (κ2) is 3.80. The first-order valence-corrected chi connectivity index (χ1v) is 5.80.